The van der Waals surface area contributed by atoms with Gasteiger partial charge in [-0.05, 0) is 45.1 Å². The molecule has 0 spiro atoms. The number of carbonyl (C=O) groups is 3. The van der Waals surface area contributed by atoms with Crippen LogP contribution in [0.15, 0.2) is 17.5 Å². The molecular weight excluding hydrogens is 338 g/mol. The van der Waals surface area contributed by atoms with E-state index in [2.05, 4.69) is 5.32 Å². The Morgan fingerprint density at radius 2 is 2.00 bits per heavy atom. The van der Waals surface area contributed by atoms with Gasteiger partial charge in [0.1, 0.15) is 0 Å². The van der Waals surface area contributed by atoms with Crippen molar-refractivity contribution in [1.82, 2.24) is 15.1 Å². The van der Waals surface area contributed by atoms with Crippen molar-refractivity contribution in [2.45, 2.75) is 39.7 Å². The minimum atomic E-state index is -0.129. The lowest BCUT2D eigenvalue weighted by Crippen LogP contribution is -2.47. The van der Waals surface area contributed by atoms with Gasteiger partial charge in [-0.25, -0.2) is 0 Å². The van der Waals surface area contributed by atoms with Crippen LogP contribution >= 0.6 is 11.3 Å². The number of piperidine rings is 1. The second-order valence-electron chi connectivity index (χ2n) is 6.62. The lowest BCUT2D eigenvalue weighted by atomic mass is 9.95. The van der Waals surface area contributed by atoms with Gasteiger partial charge in [-0.2, -0.15) is 0 Å². The molecule has 1 N–H and O–H groups in total. The Balaban J connectivity index is 1.86. The first-order valence-electron chi connectivity index (χ1n) is 8.83. The van der Waals surface area contributed by atoms with Crippen LogP contribution in [0.25, 0.3) is 0 Å². The summed E-state index contributed by atoms with van der Waals surface area (Å²) in [4.78, 5) is 41.2. The van der Waals surface area contributed by atoms with Gasteiger partial charge in [0, 0.05) is 31.6 Å². The fourth-order valence-corrected chi connectivity index (χ4v) is 3.72. The van der Waals surface area contributed by atoms with E-state index in [4.69, 9.17) is 0 Å². The predicted molar refractivity (Wildman–Crippen MR) is 98.5 cm³/mol. The van der Waals surface area contributed by atoms with Gasteiger partial charge in [0.05, 0.1) is 11.4 Å². The molecule has 0 unspecified atom stereocenters. The summed E-state index contributed by atoms with van der Waals surface area (Å²) in [7, 11) is 0. The minimum absolute atomic E-state index is 0.0182. The molecule has 0 bridgehead atoms. The molecule has 0 atom stereocenters. The molecule has 1 aromatic rings. The molecule has 1 aliphatic heterocycles. The Labute approximate surface area is 153 Å². The summed E-state index contributed by atoms with van der Waals surface area (Å²) in [5, 5.41) is 4.71. The van der Waals surface area contributed by atoms with E-state index < -0.39 is 0 Å². The van der Waals surface area contributed by atoms with E-state index in [1.54, 1.807) is 4.90 Å². The van der Waals surface area contributed by atoms with Crippen LogP contribution in [0.3, 0.4) is 0 Å². The molecule has 2 rings (SSSR count). The third-order valence-corrected chi connectivity index (χ3v) is 5.20. The van der Waals surface area contributed by atoms with Gasteiger partial charge in [0.25, 0.3) is 5.91 Å². The highest BCUT2D eigenvalue weighted by atomic mass is 32.1. The number of carbonyl (C=O) groups excluding carboxylic acids is 3. The van der Waals surface area contributed by atoms with Crippen LogP contribution in [0.5, 0.6) is 0 Å². The highest BCUT2D eigenvalue weighted by Crippen LogP contribution is 2.22. The molecule has 0 aromatic carbocycles. The van der Waals surface area contributed by atoms with Crippen LogP contribution in [0.2, 0.25) is 0 Å². The van der Waals surface area contributed by atoms with Crippen molar-refractivity contribution in [3.63, 3.8) is 0 Å². The van der Waals surface area contributed by atoms with Crippen molar-refractivity contribution < 1.29 is 14.4 Å². The quantitative estimate of drug-likeness (QED) is 0.838. The summed E-state index contributed by atoms with van der Waals surface area (Å²) in [5.41, 5.74) is 0. The average molecular weight is 365 g/mol. The Morgan fingerprint density at radius 1 is 1.32 bits per heavy atom. The van der Waals surface area contributed by atoms with Crippen molar-refractivity contribution in [3.05, 3.63) is 22.4 Å². The second-order valence-corrected chi connectivity index (χ2v) is 7.57. The van der Waals surface area contributed by atoms with Crippen LogP contribution in [0, 0.1) is 5.92 Å². The normalized spacial score (nSPS) is 15.3. The number of rotatable bonds is 6. The molecule has 1 aromatic heterocycles. The molecular formula is C18H27N3O3S. The highest BCUT2D eigenvalue weighted by Gasteiger charge is 2.31. The number of likely N-dealkylation sites (tertiary alicyclic amines) is 1. The SMILES string of the molecule is CCN(CC(=O)NC(C)C)C(=O)C1CCN(C(=O)c2cccs2)CC1. The Bertz CT molecular complexity index is 593. The summed E-state index contributed by atoms with van der Waals surface area (Å²) in [6.07, 6.45) is 1.30. The van der Waals surface area contributed by atoms with Gasteiger partial charge in [0.2, 0.25) is 11.8 Å². The van der Waals surface area contributed by atoms with E-state index in [1.165, 1.54) is 11.3 Å². The summed E-state index contributed by atoms with van der Waals surface area (Å²) in [5.74, 6) is -0.177. The standard InChI is InChI=1S/C18H27N3O3S/c1-4-20(12-16(22)19-13(2)3)17(23)14-7-9-21(10-8-14)18(24)15-6-5-11-25-15/h5-6,11,13-14H,4,7-10,12H2,1-3H3,(H,19,22). The fraction of sp³-hybridized carbons (Fsp3) is 0.611. The first-order valence-corrected chi connectivity index (χ1v) is 9.71. The Morgan fingerprint density at radius 3 is 2.52 bits per heavy atom. The second kappa shape index (κ2) is 8.99. The molecule has 25 heavy (non-hydrogen) atoms. The van der Waals surface area contributed by atoms with Gasteiger partial charge in [0.15, 0.2) is 0 Å². The smallest absolute Gasteiger partial charge is 0.263 e. The number of nitrogens with zero attached hydrogens (tertiary/aromatic N) is 2. The molecule has 1 fully saturated rings. The van der Waals surface area contributed by atoms with Gasteiger partial charge in [-0.1, -0.05) is 6.07 Å². The van der Waals surface area contributed by atoms with E-state index >= 15 is 0 Å². The molecule has 1 saturated heterocycles. The fourth-order valence-electron chi connectivity index (χ4n) is 3.03. The van der Waals surface area contributed by atoms with Gasteiger partial charge < -0.3 is 15.1 Å². The van der Waals surface area contributed by atoms with Crippen LogP contribution in [-0.4, -0.2) is 59.7 Å². The van der Waals surface area contributed by atoms with Crippen molar-refractivity contribution in [1.29, 1.82) is 0 Å². The molecule has 0 radical (unpaired) electrons. The summed E-state index contributed by atoms with van der Waals surface area (Å²) in [6.45, 7) is 7.47. The molecule has 7 heteroatoms. The zero-order valence-electron chi connectivity index (χ0n) is 15.2. The number of amides is 3. The van der Waals surface area contributed by atoms with Crippen molar-refractivity contribution in [2.75, 3.05) is 26.2 Å². The van der Waals surface area contributed by atoms with Crippen LogP contribution < -0.4 is 5.32 Å². The first-order chi connectivity index (χ1) is 11.9. The van der Waals surface area contributed by atoms with Crippen LogP contribution in [-0.2, 0) is 9.59 Å². The number of nitrogens with one attached hydrogen (secondary N) is 1. The zero-order chi connectivity index (χ0) is 18.4. The predicted octanol–water partition coefficient (Wildman–Crippen LogP) is 1.97. The van der Waals surface area contributed by atoms with E-state index in [9.17, 15) is 14.4 Å². The number of thiophene rings is 1. The maximum atomic E-state index is 12.7. The summed E-state index contributed by atoms with van der Waals surface area (Å²) in [6, 6.07) is 3.76. The van der Waals surface area contributed by atoms with E-state index in [-0.39, 0.29) is 36.2 Å². The largest absolute Gasteiger partial charge is 0.352 e. The maximum Gasteiger partial charge on any atom is 0.263 e. The highest BCUT2D eigenvalue weighted by molar-refractivity contribution is 7.12. The zero-order valence-corrected chi connectivity index (χ0v) is 16.0. The first kappa shape index (κ1) is 19.4. The Kier molecular flexibility index (Phi) is 6.99. The molecule has 138 valence electrons. The average Bonchev–Trinajstić information content (AvgIpc) is 3.12. The molecule has 0 aliphatic carbocycles. The molecule has 0 saturated carbocycles. The maximum absolute atomic E-state index is 12.7. The van der Waals surface area contributed by atoms with E-state index in [1.807, 2.05) is 43.2 Å². The van der Waals surface area contributed by atoms with Gasteiger partial charge in [-0.15, -0.1) is 11.3 Å². The third-order valence-electron chi connectivity index (χ3n) is 4.34. The number of hydrogen-bond donors (Lipinski definition) is 1. The lowest BCUT2D eigenvalue weighted by Gasteiger charge is -2.33. The number of hydrogen-bond acceptors (Lipinski definition) is 4. The lowest BCUT2D eigenvalue weighted by molar-refractivity contribution is -0.140. The minimum Gasteiger partial charge on any atom is -0.352 e. The molecule has 3 amide bonds. The van der Waals surface area contributed by atoms with Crippen LogP contribution in [0.4, 0.5) is 0 Å². The summed E-state index contributed by atoms with van der Waals surface area (Å²) < 4.78 is 0. The molecule has 6 nitrogen and oxygen atoms in total. The van der Waals surface area contributed by atoms with E-state index in [0.717, 1.165) is 4.88 Å². The molecule has 2 heterocycles. The number of likely N-dealkylation sites (N-methyl/N-ethyl adjacent to an activating group) is 1. The van der Waals surface area contributed by atoms with E-state index in [0.29, 0.717) is 32.5 Å². The topological polar surface area (TPSA) is 69.7 Å². The van der Waals surface area contributed by atoms with Crippen molar-refractivity contribution >= 4 is 29.1 Å². The Hall–Kier alpha value is -1.89. The molecule has 1 aliphatic rings. The summed E-state index contributed by atoms with van der Waals surface area (Å²) >= 11 is 1.44. The van der Waals surface area contributed by atoms with Crippen molar-refractivity contribution in [2.24, 2.45) is 5.92 Å². The monoisotopic (exact) mass is 365 g/mol. The third kappa shape index (κ3) is 5.29. The van der Waals surface area contributed by atoms with Crippen LogP contribution in [0.1, 0.15) is 43.3 Å². The van der Waals surface area contributed by atoms with Crippen molar-refractivity contribution in [3.8, 4) is 0 Å². The van der Waals surface area contributed by atoms with Gasteiger partial charge in [-0.3, -0.25) is 14.4 Å². The van der Waals surface area contributed by atoms with Gasteiger partial charge >= 0.3 is 0 Å².